The first-order valence-corrected chi connectivity index (χ1v) is 10.5. The molecule has 4 rings (SSSR count). The lowest BCUT2D eigenvalue weighted by molar-refractivity contribution is -0.134. The van der Waals surface area contributed by atoms with Crippen LogP contribution in [-0.2, 0) is 9.53 Å². The number of nitrogens with one attached hydrogen (secondary N) is 1. The van der Waals surface area contributed by atoms with Crippen molar-refractivity contribution in [2.45, 2.75) is 25.8 Å². The van der Waals surface area contributed by atoms with E-state index in [0.717, 1.165) is 10.0 Å². The molecule has 1 atom stereocenters. The van der Waals surface area contributed by atoms with Crippen LogP contribution in [-0.4, -0.2) is 39.1 Å². The van der Waals surface area contributed by atoms with E-state index in [1.54, 1.807) is 24.3 Å². The zero-order valence-corrected chi connectivity index (χ0v) is 18.8. The highest BCUT2D eigenvalue weighted by atomic mass is 79.9. The molecule has 2 heterocycles. The number of carbonyl (C=O) groups is 2. The number of fused-ring (bicyclic) bond motifs is 1. The SMILES string of the molecule is COC(=O)C1=C(C(=O)c2ccc(Br)cc2)[C@H](c2ccc(C(C)C)cc2)Nc2nnnn21. The summed E-state index contributed by atoms with van der Waals surface area (Å²) in [5, 5.41) is 14.7. The van der Waals surface area contributed by atoms with Gasteiger partial charge in [0.2, 0.25) is 5.95 Å². The van der Waals surface area contributed by atoms with Crippen molar-refractivity contribution in [3.63, 3.8) is 0 Å². The van der Waals surface area contributed by atoms with Gasteiger partial charge in [-0.1, -0.05) is 59.1 Å². The standard InChI is InChI=1S/C22H20BrN5O3/c1-12(2)13-4-6-14(7-5-13)18-17(20(29)15-8-10-16(23)11-9-15)19(21(30)31-3)28-22(24-18)25-26-27-28/h4-12,18H,1-3H3,(H,24,25,27)/t18-/m0/s1. The number of halogens is 1. The Morgan fingerprint density at radius 1 is 1.10 bits per heavy atom. The molecular formula is C22H20BrN5O3. The lowest BCUT2D eigenvalue weighted by Gasteiger charge is -2.28. The minimum absolute atomic E-state index is 0.00731. The minimum atomic E-state index is -0.695. The molecule has 0 bridgehead atoms. The third-order valence-electron chi connectivity index (χ3n) is 5.16. The first kappa shape index (κ1) is 20.9. The normalized spacial score (nSPS) is 15.5. The highest BCUT2D eigenvalue weighted by Crippen LogP contribution is 2.37. The summed E-state index contributed by atoms with van der Waals surface area (Å²) < 4.78 is 7.03. The zero-order chi connectivity index (χ0) is 22.1. The Balaban J connectivity index is 1.91. The molecule has 0 radical (unpaired) electrons. The number of anilines is 1. The molecular weight excluding hydrogens is 462 g/mol. The van der Waals surface area contributed by atoms with Crippen molar-refractivity contribution in [2.75, 3.05) is 12.4 Å². The largest absolute Gasteiger partial charge is 0.464 e. The Hall–Kier alpha value is -3.33. The van der Waals surface area contributed by atoms with Gasteiger partial charge in [-0.15, -0.1) is 0 Å². The van der Waals surface area contributed by atoms with Gasteiger partial charge < -0.3 is 10.1 Å². The van der Waals surface area contributed by atoms with Crippen LogP contribution < -0.4 is 5.32 Å². The lowest BCUT2D eigenvalue weighted by atomic mass is 9.88. The number of aromatic nitrogens is 4. The molecule has 0 amide bonds. The number of ketones is 1. The van der Waals surface area contributed by atoms with Crippen LogP contribution in [0.2, 0.25) is 0 Å². The van der Waals surface area contributed by atoms with Crippen LogP contribution in [0.4, 0.5) is 5.95 Å². The van der Waals surface area contributed by atoms with Gasteiger partial charge in [-0.05, 0) is 51.7 Å². The second-order valence-electron chi connectivity index (χ2n) is 7.40. The topological polar surface area (TPSA) is 99.0 Å². The molecule has 158 valence electrons. The van der Waals surface area contributed by atoms with E-state index in [1.165, 1.54) is 17.4 Å². The predicted octanol–water partition coefficient (Wildman–Crippen LogP) is 3.99. The maximum atomic E-state index is 13.6. The number of methoxy groups -OCH3 is 1. The quantitative estimate of drug-likeness (QED) is 0.434. The minimum Gasteiger partial charge on any atom is -0.464 e. The van der Waals surface area contributed by atoms with Crippen molar-refractivity contribution in [2.24, 2.45) is 0 Å². The van der Waals surface area contributed by atoms with Gasteiger partial charge in [-0.3, -0.25) is 4.79 Å². The molecule has 31 heavy (non-hydrogen) atoms. The zero-order valence-electron chi connectivity index (χ0n) is 17.2. The molecule has 0 saturated carbocycles. The Morgan fingerprint density at radius 2 is 1.77 bits per heavy atom. The number of nitrogens with zero attached hydrogens (tertiary/aromatic N) is 4. The number of Topliss-reactive ketones (excluding diaryl/α,β-unsaturated/α-hetero) is 1. The Bertz CT molecular complexity index is 1170. The molecule has 0 fully saturated rings. The predicted molar refractivity (Wildman–Crippen MR) is 118 cm³/mol. The summed E-state index contributed by atoms with van der Waals surface area (Å²) in [5.74, 6) is -0.393. The fraction of sp³-hybridized carbons (Fsp3) is 0.227. The molecule has 0 aliphatic carbocycles. The fourth-order valence-electron chi connectivity index (χ4n) is 3.49. The van der Waals surface area contributed by atoms with Gasteiger partial charge in [-0.25, -0.2) is 4.79 Å². The number of hydrogen-bond donors (Lipinski definition) is 1. The van der Waals surface area contributed by atoms with E-state index < -0.39 is 12.0 Å². The summed E-state index contributed by atoms with van der Waals surface area (Å²) in [5.41, 5.74) is 2.61. The summed E-state index contributed by atoms with van der Waals surface area (Å²) in [4.78, 5) is 26.4. The van der Waals surface area contributed by atoms with Crippen LogP contribution in [0.5, 0.6) is 0 Å². The lowest BCUT2D eigenvalue weighted by Crippen LogP contribution is -2.31. The maximum absolute atomic E-state index is 13.6. The van der Waals surface area contributed by atoms with Crippen molar-refractivity contribution >= 4 is 39.3 Å². The Morgan fingerprint density at radius 3 is 2.39 bits per heavy atom. The van der Waals surface area contributed by atoms with Crippen LogP contribution in [0.1, 0.15) is 47.3 Å². The molecule has 1 aromatic heterocycles. The van der Waals surface area contributed by atoms with Crippen LogP contribution in [0.25, 0.3) is 5.70 Å². The summed E-state index contributed by atoms with van der Waals surface area (Å²) in [6.45, 7) is 4.22. The summed E-state index contributed by atoms with van der Waals surface area (Å²) in [7, 11) is 1.26. The van der Waals surface area contributed by atoms with Crippen molar-refractivity contribution in [1.82, 2.24) is 20.2 Å². The number of rotatable bonds is 5. The number of carbonyl (C=O) groups excluding carboxylic acids is 2. The first-order chi connectivity index (χ1) is 14.9. The third kappa shape index (κ3) is 3.88. The average molecular weight is 482 g/mol. The van der Waals surface area contributed by atoms with Gasteiger partial charge in [0.15, 0.2) is 11.5 Å². The Kier molecular flexibility index (Phi) is 5.69. The molecule has 8 nitrogen and oxygen atoms in total. The molecule has 0 saturated heterocycles. The van der Waals surface area contributed by atoms with Crippen molar-refractivity contribution in [1.29, 1.82) is 0 Å². The number of hydrogen-bond acceptors (Lipinski definition) is 7. The maximum Gasteiger partial charge on any atom is 0.357 e. The Labute approximate surface area is 187 Å². The highest BCUT2D eigenvalue weighted by molar-refractivity contribution is 9.10. The number of benzene rings is 2. The van der Waals surface area contributed by atoms with Gasteiger partial charge in [0.25, 0.3) is 0 Å². The molecule has 3 aromatic rings. The molecule has 2 aromatic carbocycles. The van der Waals surface area contributed by atoms with Crippen LogP contribution >= 0.6 is 15.9 Å². The molecule has 0 spiro atoms. The van der Waals surface area contributed by atoms with E-state index in [1.807, 2.05) is 24.3 Å². The monoisotopic (exact) mass is 481 g/mol. The fourth-order valence-corrected chi connectivity index (χ4v) is 3.76. The van der Waals surface area contributed by atoms with Gasteiger partial charge in [0.05, 0.1) is 18.7 Å². The van der Waals surface area contributed by atoms with Gasteiger partial charge in [-0.2, -0.15) is 4.68 Å². The second-order valence-corrected chi connectivity index (χ2v) is 8.32. The highest BCUT2D eigenvalue weighted by Gasteiger charge is 2.38. The molecule has 1 N–H and O–H groups in total. The number of esters is 1. The van der Waals surface area contributed by atoms with E-state index in [-0.39, 0.29) is 23.0 Å². The van der Waals surface area contributed by atoms with E-state index in [9.17, 15) is 9.59 Å². The first-order valence-electron chi connectivity index (χ1n) is 9.68. The van der Waals surface area contributed by atoms with Gasteiger partial charge >= 0.3 is 5.97 Å². The van der Waals surface area contributed by atoms with Crippen LogP contribution in [0.15, 0.2) is 58.6 Å². The molecule has 1 aliphatic heterocycles. The third-order valence-corrected chi connectivity index (χ3v) is 5.69. The van der Waals surface area contributed by atoms with Crippen molar-refractivity contribution in [3.05, 3.63) is 75.3 Å². The van der Waals surface area contributed by atoms with Gasteiger partial charge in [0, 0.05) is 10.0 Å². The average Bonchev–Trinajstić information content (AvgIpc) is 3.25. The number of tetrazole rings is 1. The van der Waals surface area contributed by atoms with E-state index in [4.69, 9.17) is 4.74 Å². The number of ether oxygens (including phenoxy) is 1. The summed E-state index contributed by atoms with van der Waals surface area (Å²) in [6.07, 6.45) is 0. The summed E-state index contributed by atoms with van der Waals surface area (Å²) >= 11 is 3.38. The van der Waals surface area contributed by atoms with Crippen molar-refractivity contribution in [3.8, 4) is 0 Å². The summed E-state index contributed by atoms with van der Waals surface area (Å²) in [6, 6.07) is 14.2. The van der Waals surface area contributed by atoms with E-state index >= 15 is 0 Å². The molecule has 0 unspecified atom stereocenters. The van der Waals surface area contributed by atoms with E-state index in [0.29, 0.717) is 11.5 Å². The molecule has 1 aliphatic rings. The van der Waals surface area contributed by atoms with Crippen LogP contribution in [0, 0.1) is 0 Å². The van der Waals surface area contributed by atoms with Gasteiger partial charge in [0.1, 0.15) is 0 Å². The smallest absolute Gasteiger partial charge is 0.357 e. The van der Waals surface area contributed by atoms with Crippen LogP contribution in [0.3, 0.4) is 0 Å². The second kappa shape index (κ2) is 8.43. The molecule has 9 heteroatoms. The van der Waals surface area contributed by atoms with E-state index in [2.05, 4.69) is 50.6 Å². The van der Waals surface area contributed by atoms with Crippen molar-refractivity contribution < 1.29 is 14.3 Å².